The first kappa shape index (κ1) is 17.3. The third-order valence-corrected chi connectivity index (χ3v) is 5.71. The lowest BCUT2D eigenvalue weighted by Crippen LogP contribution is -2.50. The largest absolute Gasteiger partial charge is 0.339 e. The van der Waals surface area contributed by atoms with Gasteiger partial charge in [-0.05, 0) is 37.1 Å². The predicted octanol–water partition coefficient (Wildman–Crippen LogP) is 2.67. The van der Waals surface area contributed by atoms with Gasteiger partial charge in [0, 0.05) is 38.8 Å². The Morgan fingerprint density at radius 2 is 1.79 bits per heavy atom. The van der Waals surface area contributed by atoms with E-state index in [-0.39, 0.29) is 11.8 Å². The van der Waals surface area contributed by atoms with Crippen LogP contribution in [0.1, 0.15) is 42.5 Å². The van der Waals surface area contributed by atoms with Crippen molar-refractivity contribution in [2.45, 2.75) is 37.1 Å². The molecule has 1 saturated heterocycles. The van der Waals surface area contributed by atoms with Gasteiger partial charge < -0.3 is 9.80 Å². The lowest BCUT2D eigenvalue weighted by Gasteiger charge is -2.35. The molecule has 1 aromatic rings. The highest BCUT2D eigenvalue weighted by atomic mass is 32.2. The zero-order valence-corrected chi connectivity index (χ0v) is 15.1. The molecule has 0 aromatic carbocycles. The number of carbonyl (C=O) groups excluding carboxylic acids is 2. The lowest BCUT2D eigenvalue weighted by atomic mass is 10.0. The van der Waals surface area contributed by atoms with Crippen LogP contribution in [0, 0.1) is 5.92 Å². The molecule has 5 nitrogen and oxygen atoms in total. The van der Waals surface area contributed by atoms with Gasteiger partial charge in [0.2, 0.25) is 5.91 Å². The zero-order valence-electron chi connectivity index (χ0n) is 14.2. The number of amides is 2. The normalized spacial score (nSPS) is 18.9. The molecule has 0 radical (unpaired) electrons. The summed E-state index contributed by atoms with van der Waals surface area (Å²) in [7, 11) is 0. The number of rotatable bonds is 4. The molecule has 6 heteroatoms. The standard InChI is InChI=1S/C18H25N3O2S/c1-24-16-7-6-15(13-19-16)18(23)21-10-8-20(9-11-21)17(22)12-14-4-2-3-5-14/h6-7,13-14H,2-5,8-12H2,1H3. The second-order valence-corrected chi connectivity index (χ2v) is 7.44. The van der Waals surface area contributed by atoms with Crippen molar-refractivity contribution < 1.29 is 9.59 Å². The number of hydrogen-bond acceptors (Lipinski definition) is 4. The summed E-state index contributed by atoms with van der Waals surface area (Å²) >= 11 is 1.56. The second kappa shape index (κ2) is 8.01. The fourth-order valence-corrected chi connectivity index (χ4v) is 3.92. The Balaban J connectivity index is 1.50. The highest BCUT2D eigenvalue weighted by Gasteiger charge is 2.27. The second-order valence-electron chi connectivity index (χ2n) is 6.62. The van der Waals surface area contributed by atoms with Gasteiger partial charge in [-0.3, -0.25) is 9.59 Å². The van der Waals surface area contributed by atoms with Crippen molar-refractivity contribution in [2.75, 3.05) is 32.4 Å². The summed E-state index contributed by atoms with van der Waals surface area (Å²) in [5.41, 5.74) is 0.624. The molecule has 3 rings (SSSR count). The first-order valence-electron chi connectivity index (χ1n) is 8.74. The van der Waals surface area contributed by atoms with Gasteiger partial charge in [0.15, 0.2) is 0 Å². The Labute approximate surface area is 147 Å². The van der Waals surface area contributed by atoms with Gasteiger partial charge in [-0.2, -0.15) is 0 Å². The minimum absolute atomic E-state index is 0.0121. The molecule has 0 unspecified atom stereocenters. The van der Waals surface area contributed by atoms with Gasteiger partial charge in [-0.1, -0.05) is 12.8 Å². The Kier molecular flexibility index (Phi) is 5.76. The van der Waals surface area contributed by atoms with E-state index in [1.807, 2.05) is 28.2 Å². The molecule has 2 heterocycles. The van der Waals surface area contributed by atoms with E-state index in [1.54, 1.807) is 18.0 Å². The van der Waals surface area contributed by atoms with Gasteiger partial charge in [0.25, 0.3) is 5.91 Å². The molecule has 0 atom stereocenters. The van der Waals surface area contributed by atoms with E-state index in [0.29, 0.717) is 44.1 Å². The maximum Gasteiger partial charge on any atom is 0.255 e. The van der Waals surface area contributed by atoms with Crippen molar-refractivity contribution in [3.63, 3.8) is 0 Å². The number of pyridine rings is 1. The molecule has 2 fully saturated rings. The Morgan fingerprint density at radius 1 is 1.12 bits per heavy atom. The smallest absolute Gasteiger partial charge is 0.255 e. The van der Waals surface area contributed by atoms with E-state index >= 15 is 0 Å². The van der Waals surface area contributed by atoms with Crippen LogP contribution in [0.5, 0.6) is 0 Å². The predicted molar refractivity (Wildman–Crippen MR) is 95.1 cm³/mol. The van der Waals surface area contributed by atoms with Crippen LogP contribution in [-0.4, -0.2) is 59.0 Å². The lowest BCUT2D eigenvalue weighted by molar-refractivity contribution is -0.133. The fourth-order valence-electron chi connectivity index (χ4n) is 3.56. The summed E-state index contributed by atoms with van der Waals surface area (Å²) < 4.78 is 0. The molecular formula is C18H25N3O2S. The van der Waals surface area contributed by atoms with E-state index in [4.69, 9.17) is 0 Å². The van der Waals surface area contributed by atoms with Crippen LogP contribution in [0.15, 0.2) is 23.4 Å². The minimum atomic E-state index is 0.0121. The zero-order chi connectivity index (χ0) is 16.9. The third kappa shape index (κ3) is 4.09. The quantitative estimate of drug-likeness (QED) is 0.786. The molecule has 1 aliphatic carbocycles. The fraction of sp³-hybridized carbons (Fsp3) is 0.611. The number of thioether (sulfide) groups is 1. The average Bonchev–Trinajstić information content (AvgIpc) is 3.14. The number of aromatic nitrogens is 1. The van der Waals surface area contributed by atoms with Crippen LogP contribution < -0.4 is 0 Å². The maximum absolute atomic E-state index is 12.5. The minimum Gasteiger partial charge on any atom is -0.339 e. The van der Waals surface area contributed by atoms with E-state index in [2.05, 4.69) is 4.98 Å². The Morgan fingerprint density at radius 3 is 2.38 bits per heavy atom. The first-order chi connectivity index (χ1) is 11.7. The molecule has 2 aliphatic rings. The van der Waals surface area contributed by atoms with Crippen molar-refractivity contribution in [1.82, 2.24) is 14.8 Å². The van der Waals surface area contributed by atoms with Crippen molar-refractivity contribution in [2.24, 2.45) is 5.92 Å². The van der Waals surface area contributed by atoms with Crippen molar-refractivity contribution in [3.8, 4) is 0 Å². The van der Waals surface area contributed by atoms with Crippen molar-refractivity contribution in [1.29, 1.82) is 0 Å². The third-order valence-electron chi connectivity index (χ3n) is 5.05. The molecule has 0 bridgehead atoms. The maximum atomic E-state index is 12.5. The Hall–Kier alpha value is -1.56. The topological polar surface area (TPSA) is 53.5 Å². The van der Waals surface area contributed by atoms with E-state index in [9.17, 15) is 9.59 Å². The van der Waals surface area contributed by atoms with Gasteiger partial charge in [0.05, 0.1) is 10.6 Å². The summed E-state index contributed by atoms with van der Waals surface area (Å²) in [5, 5.41) is 0.911. The van der Waals surface area contributed by atoms with Crippen molar-refractivity contribution in [3.05, 3.63) is 23.9 Å². The summed E-state index contributed by atoms with van der Waals surface area (Å²) in [5.74, 6) is 0.858. The van der Waals surface area contributed by atoms with Crippen molar-refractivity contribution >= 4 is 23.6 Å². The van der Waals surface area contributed by atoms with Gasteiger partial charge >= 0.3 is 0 Å². The van der Waals surface area contributed by atoms with Crippen LogP contribution in [0.2, 0.25) is 0 Å². The molecule has 0 spiro atoms. The molecule has 1 saturated carbocycles. The number of hydrogen-bond donors (Lipinski definition) is 0. The van der Waals surface area contributed by atoms with Crippen LogP contribution >= 0.6 is 11.8 Å². The van der Waals surface area contributed by atoms with Gasteiger partial charge in [0.1, 0.15) is 0 Å². The van der Waals surface area contributed by atoms with E-state index < -0.39 is 0 Å². The summed E-state index contributed by atoms with van der Waals surface area (Å²) in [6, 6.07) is 3.71. The van der Waals surface area contributed by atoms with Gasteiger partial charge in [-0.25, -0.2) is 4.98 Å². The Bertz CT molecular complexity index is 576. The molecular weight excluding hydrogens is 322 g/mol. The molecule has 2 amide bonds. The molecule has 24 heavy (non-hydrogen) atoms. The number of nitrogens with zero attached hydrogens (tertiary/aromatic N) is 3. The SMILES string of the molecule is CSc1ccc(C(=O)N2CCN(C(=O)CC3CCCC3)CC2)cn1. The van der Waals surface area contributed by atoms with Crippen LogP contribution in [0.4, 0.5) is 0 Å². The monoisotopic (exact) mass is 347 g/mol. The van der Waals surface area contributed by atoms with Crippen LogP contribution in [0.25, 0.3) is 0 Å². The van der Waals surface area contributed by atoms with Gasteiger partial charge in [-0.15, -0.1) is 11.8 Å². The highest BCUT2D eigenvalue weighted by Crippen LogP contribution is 2.28. The molecule has 1 aliphatic heterocycles. The average molecular weight is 347 g/mol. The summed E-state index contributed by atoms with van der Waals surface area (Å²) in [4.78, 5) is 32.9. The summed E-state index contributed by atoms with van der Waals surface area (Å²) in [6.45, 7) is 2.51. The van der Waals surface area contributed by atoms with E-state index in [1.165, 1.54) is 25.7 Å². The molecule has 0 N–H and O–H groups in total. The van der Waals surface area contributed by atoms with E-state index in [0.717, 1.165) is 5.03 Å². The molecule has 1 aromatic heterocycles. The summed E-state index contributed by atoms with van der Waals surface area (Å²) in [6.07, 6.45) is 9.23. The number of piperazine rings is 1. The van der Waals surface area contributed by atoms with Crippen LogP contribution in [0.3, 0.4) is 0 Å². The molecule has 130 valence electrons. The number of carbonyl (C=O) groups is 2. The highest BCUT2D eigenvalue weighted by molar-refractivity contribution is 7.98. The van der Waals surface area contributed by atoms with Crippen LogP contribution in [-0.2, 0) is 4.79 Å². The first-order valence-corrected chi connectivity index (χ1v) is 9.97.